The molecule has 0 bridgehead atoms. The smallest absolute Gasteiger partial charge is 0.220 e. The van der Waals surface area contributed by atoms with E-state index in [1.54, 1.807) is 0 Å². The summed E-state index contributed by atoms with van der Waals surface area (Å²) < 4.78 is 11.1. The highest BCUT2D eigenvalue weighted by Crippen LogP contribution is 2.23. The van der Waals surface area contributed by atoms with Crippen molar-refractivity contribution in [3.8, 4) is 0 Å². The van der Waals surface area contributed by atoms with E-state index in [2.05, 4.69) is 55.6 Å². The molecule has 1 aliphatic heterocycles. The van der Waals surface area contributed by atoms with Gasteiger partial charge in [-0.05, 0) is 32.1 Å². The third-order valence-electron chi connectivity index (χ3n) is 9.90. The Hall–Kier alpha value is -1.63. The standard InChI is InChI=1S/C42H77NO9/c1-3-5-7-9-11-13-15-17-18-19-21-23-25-27-29-31-37(46)43-34(33-51-42-41(50)40(49)39(48)36(32-44)52-42)38(47)35(45)30-28-26-24-22-20-16-14-12-10-8-6-4-2/h9,11,13,15,17-18,34-36,38-42,44-45,47-50H,3-8,10,12,14,16,19-33H2,1-2H3,(H,43,46)/t34-,35+,36?,38-,39?,40?,41?,42?/m0/s1. The van der Waals surface area contributed by atoms with Crippen LogP contribution in [0.4, 0.5) is 0 Å². The predicted molar refractivity (Wildman–Crippen MR) is 209 cm³/mol. The lowest BCUT2D eigenvalue weighted by Gasteiger charge is -2.40. The van der Waals surface area contributed by atoms with Gasteiger partial charge in [-0.15, -0.1) is 0 Å². The molecule has 0 aliphatic carbocycles. The lowest BCUT2D eigenvalue weighted by Crippen LogP contribution is -2.60. The third kappa shape index (κ3) is 23.2. The minimum atomic E-state index is -1.61. The van der Waals surface area contributed by atoms with E-state index in [1.807, 2.05) is 0 Å². The number of carbonyl (C=O) groups excluding carboxylic acids is 1. The Morgan fingerprint density at radius 2 is 1.19 bits per heavy atom. The van der Waals surface area contributed by atoms with Gasteiger partial charge in [0.2, 0.25) is 5.91 Å². The summed E-state index contributed by atoms with van der Waals surface area (Å²) in [6, 6.07) is -1.00. The molecular weight excluding hydrogens is 662 g/mol. The Balaban J connectivity index is 2.48. The molecule has 0 saturated carbocycles. The summed E-state index contributed by atoms with van der Waals surface area (Å²) in [6.07, 6.45) is 27.2. The van der Waals surface area contributed by atoms with Gasteiger partial charge >= 0.3 is 0 Å². The summed E-state index contributed by atoms with van der Waals surface area (Å²) in [5.41, 5.74) is 0. The molecule has 10 nitrogen and oxygen atoms in total. The number of nitrogens with one attached hydrogen (secondary N) is 1. The monoisotopic (exact) mass is 740 g/mol. The van der Waals surface area contributed by atoms with Crippen LogP contribution in [0.1, 0.15) is 162 Å². The lowest BCUT2D eigenvalue weighted by atomic mass is 9.98. The first-order chi connectivity index (χ1) is 25.3. The van der Waals surface area contributed by atoms with Gasteiger partial charge in [0.05, 0.1) is 25.4 Å². The molecular formula is C42H77NO9. The number of amides is 1. The molecule has 304 valence electrons. The van der Waals surface area contributed by atoms with Crippen LogP contribution in [0.3, 0.4) is 0 Å². The van der Waals surface area contributed by atoms with Crippen LogP contribution in [0.25, 0.3) is 0 Å². The number of aliphatic hydroxyl groups is 6. The van der Waals surface area contributed by atoms with Crippen molar-refractivity contribution < 1.29 is 44.9 Å². The van der Waals surface area contributed by atoms with E-state index in [-0.39, 0.29) is 18.9 Å². The van der Waals surface area contributed by atoms with Gasteiger partial charge < -0.3 is 45.4 Å². The van der Waals surface area contributed by atoms with Gasteiger partial charge in [-0.2, -0.15) is 0 Å². The van der Waals surface area contributed by atoms with Crippen molar-refractivity contribution >= 4 is 5.91 Å². The first kappa shape index (κ1) is 48.4. The molecule has 1 rings (SSSR count). The molecule has 52 heavy (non-hydrogen) atoms. The molecule has 1 amide bonds. The Morgan fingerprint density at radius 3 is 1.77 bits per heavy atom. The van der Waals surface area contributed by atoms with Gasteiger partial charge in [-0.1, -0.05) is 159 Å². The average molecular weight is 740 g/mol. The largest absolute Gasteiger partial charge is 0.394 e. The van der Waals surface area contributed by atoms with E-state index in [9.17, 15) is 35.4 Å². The number of unbranched alkanes of at least 4 members (excludes halogenated alkanes) is 18. The summed E-state index contributed by atoms with van der Waals surface area (Å²) in [7, 11) is 0. The summed E-state index contributed by atoms with van der Waals surface area (Å²) in [5, 5.41) is 64.9. The van der Waals surface area contributed by atoms with E-state index < -0.39 is 55.6 Å². The summed E-state index contributed by atoms with van der Waals surface area (Å²) in [6.45, 7) is 3.51. The Kier molecular flexibility index (Phi) is 30.5. The fourth-order valence-electron chi connectivity index (χ4n) is 6.42. The normalized spacial score (nSPS) is 22.8. The maximum absolute atomic E-state index is 12.9. The molecule has 0 spiro atoms. The zero-order chi connectivity index (χ0) is 38.2. The van der Waals surface area contributed by atoms with Crippen molar-refractivity contribution in [1.82, 2.24) is 5.32 Å². The topological polar surface area (TPSA) is 169 Å². The molecule has 8 atom stereocenters. The third-order valence-corrected chi connectivity index (χ3v) is 9.90. The number of ether oxygens (including phenoxy) is 2. The number of hydrogen-bond acceptors (Lipinski definition) is 9. The van der Waals surface area contributed by atoms with Crippen LogP contribution in [0, 0.1) is 0 Å². The highest BCUT2D eigenvalue weighted by Gasteiger charge is 2.44. The molecule has 0 aromatic rings. The lowest BCUT2D eigenvalue weighted by molar-refractivity contribution is -0.303. The molecule has 0 radical (unpaired) electrons. The van der Waals surface area contributed by atoms with Crippen LogP contribution in [0.2, 0.25) is 0 Å². The van der Waals surface area contributed by atoms with E-state index in [1.165, 1.54) is 64.2 Å². The second-order valence-electron chi connectivity index (χ2n) is 14.6. The van der Waals surface area contributed by atoms with Gasteiger partial charge in [-0.25, -0.2) is 0 Å². The van der Waals surface area contributed by atoms with Crippen LogP contribution in [0.15, 0.2) is 36.5 Å². The summed E-state index contributed by atoms with van der Waals surface area (Å²) >= 11 is 0. The zero-order valence-corrected chi connectivity index (χ0v) is 32.7. The van der Waals surface area contributed by atoms with E-state index in [4.69, 9.17) is 9.47 Å². The van der Waals surface area contributed by atoms with Crippen molar-refractivity contribution in [3.63, 3.8) is 0 Å². The summed E-state index contributed by atoms with van der Waals surface area (Å²) in [5.74, 6) is -0.280. The van der Waals surface area contributed by atoms with E-state index in [0.717, 1.165) is 64.2 Å². The Morgan fingerprint density at radius 1 is 0.673 bits per heavy atom. The number of carbonyl (C=O) groups is 1. The number of rotatable bonds is 33. The minimum Gasteiger partial charge on any atom is -0.394 e. The molecule has 1 heterocycles. The van der Waals surface area contributed by atoms with Gasteiger partial charge in [0.15, 0.2) is 6.29 Å². The minimum absolute atomic E-state index is 0.259. The van der Waals surface area contributed by atoms with Crippen molar-refractivity contribution in [2.75, 3.05) is 13.2 Å². The van der Waals surface area contributed by atoms with Gasteiger partial charge in [0, 0.05) is 6.42 Å². The van der Waals surface area contributed by atoms with Crippen LogP contribution in [-0.2, 0) is 14.3 Å². The van der Waals surface area contributed by atoms with Crippen molar-refractivity contribution in [2.45, 2.75) is 210 Å². The van der Waals surface area contributed by atoms with E-state index >= 15 is 0 Å². The molecule has 1 aliphatic rings. The zero-order valence-electron chi connectivity index (χ0n) is 32.7. The second kappa shape index (κ2) is 32.8. The van der Waals surface area contributed by atoms with Crippen LogP contribution < -0.4 is 5.32 Å². The van der Waals surface area contributed by atoms with Crippen molar-refractivity contribution in [3.05, 3.63) is 36.5 Å². The van der Waals surface area contributed by atoms with Gasteiger partial charge in [0.25, 0.3) is 0 Å². The average Bonchev–Trinajstić information content (AvgIpc) is 3.14. The molecule has 0 aromatic heterocycles. The van der Waals surface area contributed by atoms with Crippen LogP contribution in [-0.4, -0.2) is 98.7 Å². The summed E-state index contributed by atoms with van der Waals surface area (Å²) in [4.78, 5) is 12.9. The Labute approximate surface area is 315 Å². The SMILES string of the molecule is CCCCC=CC=CC=CCCCCCCCC(=O)N[C@@H](COC1OC(CO)C(O)C(O)C1O)[C@H](O)[C@H](O)CCCCCCCCCCCCCC. The fourth-order valence-corrected chi connectivity index (χ4v) is 6.42. The highest BCUT2D eigenvalue weighted by atomic mass is 16.7. The number of hydrogen-bond donors (Lipinski definition) is 7. The van der Waals surface area contributed by atoms with Gasteiger partial charge in [-0.3, -0.25) is 4.79 Å². The molecule has 5 unspecified atom stereocenters. The van der Waals surface area contributed by atoms with E-state index in [0.29, 0.717) is 12.8 Å². The molecule has 1 saturated heterocycles. The maximum Gasteiger partial charge on any atom is 0.220 e. The fraction of sp³-hybridized carbons (Fsp3) is 0.833. The molecule has 0 aromatic carbocycles. The number of allylic oxidation sites excluding steroid dienone is 6. The first-order valence-electron chi connectivity index (χ1n) is 20.8. The van der Waals surface area contributed by atoms with Crippen LogP contribution in [0.5, 0.6) is 0 Å². The molecule has 10 heteroatoms. The van der Waals surface area contributed by atoms with Crippen LogP contribution >= 0.6 is 0 Å². The van der Waals surface area contributed by atoms with Crippen molar-refractivity contribution in [1.29, 1.82) is 0 Å². The molecule has 1 fully saturated rings. The second-order valence-corrected chi connectivity index (χ2v) is 14.6. The maximum atomic E-state index is 12.9. The van der Waals surface area contributed by atoms with Crippen molar-refractivity contribution in [2.24, 2.45) is 0 Å². The quantitative estimate of drug-likeness (QED) is 0.0287. The molecule has 7 N–H and O–H groups in total. The number of aliphatic hydroxyl groups excluding tert-OH is 6. The highest BCUT2D eigenvalue weighted by molar-refractivity contribution is 5.76. The first-order valence-corrected chi connectivity index (χ1v) is 20.8. The Bertz CT molecular complexity index is 927. The van der Waals surface area contributed by atoms with Gasteiger partial charge in [0.1, 0.15) is 30.5 Å². The predicted octanol–water partition coefficient (Wildman–Crippen LogP) is 6.69.